The van der Waals surface area contributed by atoms with E-state index in [9.17, 15) is 9.59 Å². The second kappa shape index (κ2) is 5.56. The Hall–Kier alpha value is -2.36. The van der Waals surface area contributed by atoms with Gasteiger partial charge < -0.3 is 10.2 Å². The van der Waals surface area contributed by atoms with E-state index in [2.05, 4.69) is 5.32 Å². The van der Waals surface area contributed by atoms with Gasteiger partial charge in [0.15, 0.2) is 0 Å². The summed E-state index contributed by atoms with van der Waals surface area (Å²) in [7, 11) is 0. The highest BCUT2D eigenvalue weighted by Gasteiger charge is 2.32. The molecule has 1 heterocycles. The molecule has 0 saturated carbocycles. The molecule has 4 heteroatoms. The summed E-state index contributed by atoms with van der Waals surface area (Å²) in [4.78, 5) is 25.9. The van der Waals surface area contributed by atoms with Crippen LogP contribution in [0.1, 0.15) is 19.8 Å². The number of rotatable bonds is 3. The van der Waals surface area contributed by atoms with Gasteiger partial charge in [-0.15, -0.1) is 0 Å². The number of piperazine rings is 1. The number of fused-ring (bicyclic) bond motifs is 1. The van der Waals surface area contributed by atoms with Gasteiger partial charge in [-0.1, -0.05) is 43.7 Å². The summed E-state index contributed by atoms with van der Waals surface area (Å²) in [6, 6.07) is 13.5. The minimum atomic E-state index is -0.400. The van der Waals surface area contributed by atoms with E-state index in [4.69, 9.17) is 0 Å². The summed E-state index contributed by atoms with van der Waals surface area (Å²) in [6.45, 7) is 2.10. The molecule has 3 rings (SSSR count). The average molecular weight is 282 g/mol. The highest BCUT2D eigenvalue weighted by atomic mass is 16.2. The number of carbonyl (C=O) groups is 2. The molecule has 0 spiro atoms. The molecular weight excluding hydrogens is 264 g/mol. The third-order valence-corrected chi connectivity index (χ3v) is 3.82. The Morgan fingerprint density at radius 1 is 1.14 bits per heavy atom. The zero-order valence-electron chi connectivity index (χ0n) is 12.0. The molecule has 0 radical (unpaired) electrons. The van der Waals surface area contributed by atoms with Crippen LogP contribution in [-0.4, -0.2) is 24.4 Å². The van der Waals surface area contributed by atoms with E-state index in [-0.39, 0.29) is 18.4 Å². The molecule has 1 unspecified atom stereocenters. The fourth-order valence-corrected chi connectivity index (χ4v) is 2.76. The van der Waals surface area contributed by atoms with E-state index in [0.29, 0.717) is 6.42 Å². The quantitative estimate of drug-likeness (QED) is 0.940. The number of benzene rings is 2. The lowest BCUT2D eigenvalue weighted by Crippen LogP contribution is -2.58. The summed E-state index contributed by atoms with van der Waals surface area (Å²) in [5.41, 5.74) is 0.787. The number of nitrogens with zero attached hydrogens (tertiary/aromatic N) is 1. The van der Waals surface area contributed by atoms with Crippen molar-refractivity contribution in [2.24, 2.45) is 0 Å². The molecule has 1 atom stereocenters. The molecule has 21 heavy (non-hydrogen) atoms. The Balaban J connectivity index is 1.95. The lowest BCUT2D eigenvalue weighted by atomic mass is 10.1. The van der Waals surface area contributed by atoms with E-state index in [1.165, 1.54) is 0 Å². The summed E-state index contributed by atoms with van der Waals surface area (Å²) in [5, 5.41) is 4.97. The van der Waals surface area contributed by atoms with Crippen LogP contribution in [0.4, 0.5) is 5.69 Å². The first-order chi connectivity index (χ1) is 10.2. The number of hydrogen-bond acceptors (Lipinski definition) is 2. The van der Waals surface area contributed by atoms with Gasteiger partial charge in [-0.3, -0.25) is 9.59 Å². The van der Waals surface area contributed by atoms with Crippen LogP contribution < -0.4 is 10.2 Å². The largest absolute Gasteiger partial charge is 0.343 e. The van der Waals surface area contributed by atoms with Gasteiger partial charge >= 0.3 is 0 Å². The molecule has 1 aliphatic heterocycles. The molecule has 2 amide bonds. The lowest BCUT2D eigenvalue weighted by molar-refractivity contribution is -0.131. The van der Waals surface area contributed by atoms with E-state index in [0.717, 1.165) is 22.9 Å². The minimum Gasteiger partial charge on any atom is -0.343 e. The van der Waals surface area contributed by atoms with Crippen molar-refractivity contribution < 1.29 is 9.59 Å². The van der Waals surface area contributed by atoms with Crippen molar-refractivity contribution in [2.75, 3.05) is 11.4 Å². The fourth-order valence-electron chi connectivity index (χ4n) is 2.76. The van der Waals surface area contributed by atoms with Crippen LogP contribution in [-0.2, 0) is 9.59 Å². The maximum absolute atomic E-state index is 12.5. The molecule has 108 valence electrons. The minimum absolute atomic E-state index is 0.0215. The summed E-state index contributed by atoms with van der Waals surface area (Å²) in [6.07, 6.45) is 1.54. The number of hydrogen-bond donors (Lipinski definition) is 1. The van der Waals surface area contributed by atoms with Gasteiger partial charge in [0.05, 0.1) is 0 Å². The summed E-state index contributed by atoms with van der Waals surface area (Å²) < 4.78 is 0. The number of anilines is 1. The van der Waals surface area contributed by atoms with Gasteiger partial charge in [0.1, 0.15) is 12.6 Å². The maximum Gasteiger partial charge on any atom is 0.250 e. The van der Waals surface area contributed by atoms with Crippen LogP contribution in [0, 0.1) is 0 Å². The fraction of sp³-hybridized carbons (Fsp3) is 0.294. The van der Waals surface area contributed by atoms with Crippen molar-refractivity contribution in [3.05, 3.63) is 42.5 Å². The predicted octanol–water partition coefficient (Wildman–Crippen LogP) is 2.47. The predicted molar refractivity (Wildman–Crippen MR) is 83.1 cm³/mol. The summed E-state index contributed by atoms with van der Waals surface area (Å²) >= 11 is 0. The van der Waals surface area contributed by atoms with Crippen molar-refractivity contribution in [2.45, 2.75) is 25.8 Å². The van der Waals surface area contributed by atoms with Gasteiger partial charge in [-0.2, -0.15) is 0 Å². The van der Waals surface area contributed by atoms with Crippen LogP contribution in [0.3, 0.4) is 0 Å². The highest BCUT2D eigenvalue weighted by Crippen LogP contribution is 2.24. The smallest absolute Gasteiger partial charge is 0.250 e. The number of carbonyl (C=O) groups excluding carboxylic acids is 2. The Morgan fingerprint density at radius 2 is 1.90 bits per heavy atom. The lowest BCUT2D eigenvalue weighted by Gasteiger charge is -2.32. The Morgan fingerprint density at radius 3 is 2.67 bits per heavy atom. The van der Waals surface area contributed by atoms with Crippen LogP contribution >= 0.6 is 0 Å². The second-order valence-electron chi connectivity index (χ2n) is 5.36. The van der Waals surface area contributed by atoms with Crippen LogP contribution in [0.25, 0.3) is 10.8 Å². The Kier molecular flexibility index (Phi) is 3.60. The van der Waals surface area contributed by atoms with Crippen molar-refractivity contribution in [1.82, 2.24) is 5.32 Å². The van der Waals surface area contributed by atoms with E-state index >= 15 is 0 Å². The first-order valence-corrected chi connectivity index (χ1v) is 7.28. The third kappa shape index (κ3) is 2.61. The first kappa shape index (κ1) is 13.6. The van der Waals surface area contributed by atoms with Crippen LogP contribution in [0.2, 0.25) is 0 Å². The van der Waals surface area contributed by atoms with Gasteiger partial charge in [-0.25, -0.2) is 0 Å². The molecule has 1 N–H and O–H groups in total. The van der Waals surface area contributed by atoms with E-state index < -0.39 is 6.04 Å². The third-order valence-electron chi connectivity index (χ3n) is 3.82. The highest BCUT2D eigenvalue weighted by molar-refractivity contribution is 6.07. The van der Waals surface area contributed by atoms with E-state index in [1.54, 1.807) is 4.90 Å². The number of nitrogens with one attached hydrogen (secondary N) is 1. The molecular formula is C17H18N2O2. The Labute approximate surface area is 123 Å². The molecule has 1 saturated heterocycles. The van der Waals surface area contributed by atoms with Gasteiger partial charge in [-0.05, 0) is 29.3 Å². The second-order valence-corrected chi connectivity index (χ2v) is 5.36. The molecule has 1 aliphatic rings. The average Bonchev–Trinajstić information content (AvgIpc) is 2.50. The van der Waals surface area contributed by atoms with Crippen molar-refractivity contribution >= 4 is 28.3 Å². The van der Waals surface area contributed by atoms with Crippen molar-refractivity contribution in [3.8, 4) is 0 Å². The maximum atomic E-state index is 12.5. The van der Waals surface area contributed by atoms with Crippen LogP contribution in [0.15, 0.2) is 42.5 Å². The van der Waals surface area contributed by atoms with Crippen molar-refractivity contribution in [1.29, 1.82) is 0 Å². The van der Waals surface area contributed by atoms with E-state index in [1.807, 2.05) is 49.4 Å². The number of amides is 2. The first-order valence-electron chi connectivity index (χ1n) is 7.28. The Bertz CT molecular complexity index is 696. The van der Waals surface area contributed by atoms with Gasteiger partial charge in [0, 0.05) is 5.69 Å². The SMILES string of the molecule is CCCC1NC(=O)CN(c2ccc3ccccc3c2)C1=O. The molecule has 4 nitrogen and oxygen atoms in total. The molecule has 2 aromatic rings. The zero-order chi connectivity index (χ0) is 14.8. The summed E-state index contributed by atoms with van der Waals surface area (Å²) in [5.74, 6) is -0.118. The monoisotopic (exact) mass is 282 g/mol. The molecule has 2 aromatic carbocycles. The standard InChI is InChI=1S/C17H18N2O2/c1-2-5-15-17(21)19(11-16(20)18-15)14-9-8-12-6-3-4-7-13(12)10-14/h3-4,6-10,15H,2,5,11H2,1H3,(H,18,20). The van der Waals surface area contributed by atoms with Gasteiger partial charge in [0.2, 0.25) is 11.8 Å². The molecule has 0 aromatic heterocycles. The molecule has 0 bridgehead atoms. The zero-order valence-corrected chi connectivity index (χ0v) is 12.0. The van der Waals surface area contributed by atoms with Gasteiger partial charge in [0.25, 0.3) is 0 Å². The topological polar surface area (TPSA) is 49.4 Å². The molecule has 0 aliphatic carbocycles. The van der Waals surface area contributed by atoms with Crippen molar-refractivity contribution in [3.63, 3.8) is 0 Å². The van der Waals surface area contributed by atoms with Crippen LogP contribution in [0.5, 0.6) is 0 Å². The molecule has 1 fully saturated rings. The normalized spacial score (nSPS) is 18.9.